The van der Waals surface area contributed by atoms with E-state index in [2.05, 4.69) is 41.2 Å². The molecule has 0 N–H and O–H groups in total. The van der Waals surface area contributed by atoms with Gasteiger partial charge in [0.1, 0.15) is 0 Å². The number of halogens is 1. The monoisotopic (exact) mass is 228 g/mol. The van der Waals surface area contributed by atoms with Crippen LogP contribution in [0.1, 0.15) is 30.2 Å². The minimum absolute atomic E-state index is 0.616. The molecule has 0 saturated heterocycles. The van der Waals surface area contributed by atoms with Gasteiger partial charge in [0, 0.05) is 20.6 Å². The Balaban J connectivity index is 2.60. The van der Waals surface area contributed by atoms with Gasteiger partial charge in [0.25, 0.3) is 0 Å². The molecule has 0 spiro atoms. The molecule has 1 aliphatic rings. The fourth-order valence-electron chi connectivity index (χ4n) is 1.45. The van der Waals surface area contributed by atoms with Crippen LogP contribution in [-0.4, -0.2) is 0 Å². The van der Waals surface area contributed by atoms with Gasteiger partial charge in [-0.25, -0.2) is 0 Å². The number of hydrogen-bond donors (Lipinski definition) is 0. The van der Waals surface area contributed by atoms with Crippen LogP contribution in [0.3, 0.4) is 0 Å². The Kier molecular flexibility index (Phi) is 1.69. The molecule has 0 aliphatic heterocycles. The zero-order valence-electron chi connectivity index (χ0n) is 6.52. The van der Waals surface area contributed by atoms with E-state index in [0.29, 0.717) is 5.92 Å². The number of hydrogen-bond acceptors (Lipinski definition) is 1. The van der Waals surface area contributed by atoms with E-state index in [1.54, 1.807) is 0 Å². The summed E-state index contributed by atoms with van der Waals surface area (Å²) in [6.45, 7) is 4.46. The van der Waals surface area contributed by atoms with Gasteiger partial charge >= 0.3 is 0 Å². The summed E-state index contributed by atoms with van der Waals surface area (Å²) in [5, 5.41) is 2.17. The van der Waals surface area contributed by atoms with Gasteiger partial charge in [0.05, 0.1) is 0 Å². The fourth-order valence-corrected chi connectivity index (χ4v) is 3.44. The Morgan fingerprint density at radius 1 is 1.55 bits per heavy atom. The topological polar surface area (TPSA) is 0 Å². The van der Waals surface area contributed by atoms with Crippen molar-refractivity contribution in [2.24, 2.45) is 0 Å². The van der Waals surface area contributed by atoms with E-state index >= 15 is 0 Å². The molecule has 0 radical (unpaired) electrons. The van der Waals surface area contributed by atoms with Crippen LogP contribution in [0.2, 0.25) is 0 Å². The number of allylic oxidation sites excluding steroid dienone is 1. The van der Waals surface area contributed by atoms with Crippen molar-refractivity contribution in [3.05, 3.63) is 25.9 Å². The average molecular weight is 229 g/mol. The highest BCUT2D eigenvalue weighted by Crippen LogP contribution is 2.43. The molecule has 2 heteroatoms. The quantitative estimate of drug-likeness (QED) is 0.630. The molecule has 0 aromatic carbocycles. The standard InChI is InChI=1S/C9H9BrS/c1-5-3-8-9(6(5)2)7(10)4-11-8/h3-4,6H,1-2H3. The predicted octanol–water partition coefficient (Wildman–Crippen LogP) is 4.03. The highest BCUT2D eigenvalue weighted by molar-refractivity contribution is 9.10. The van der Waals surface area contributed by atoms with E-state index in [4.69, 9.17) is 0 Å². The highest BCUT2D eigenvalue weighted by atomic mass is 79.9. The SMILES string of the molecule is CC1=Cc2scc(Br)c2C1C. The zero-order valence-corrected chi connectivity index (χ0v) is 8.92. The van der Waals surface area contributed by atoms with Gasteiger partial charge < -0.3 is 0 Å². The second kappa shape index (κ2) is 2.46. The second-order valence-electron chi connectivity index (χ2n) is 2.97. The smallest absolute Gasteiger partial charge is 0.0326 e. The van der Waals surface area contributed by atoms with E-state index in [0.717, 1.165) is 0 Å². The predicted molar refractivity (Wildman–Crippen MR) is 54.1 cm³/mol. The van der Waals surface area contributed by atoms with Crippen molar-refractivity contribution in [3.63, 3.8) is 0 Å². The molecule has 0 saturated carbocycles. The molecule has 1 unspecified atom stereocenters. The van der Waals surface area contributed by atoms with Crippen LogP contribution >= 0.6 is 27.3 Å². The molecule has 11 heavy (non-hydrogen) atoms. The summed E-state index contributed by atoms with van der Waals surface area (Å²) >= 11 is 5.39. The molecule has 0 amide bonds. The lowest BCUT2D eigenvalue weighted by atomic mass is 10.0. The number of thiophene rings is 1. The van der Waals surface area contributed by atoms with E-state index in [-0.39, 0.29) is 0 Å². The van der Waals surface area contributed by atoms with Crippen LogP contribution in [0.15, 0.2) is 15.4 Å². The summed E-state index contributed by atoms with van der Waals surface area (Å²) < 4.78 is 1.28. The Labute approximate surface area is 79.1 Å². The molecular formula is C9H9BrS. The van der Waals surface area contributed by atoms with Crippen LogP contribution in [-0.2, 0) is 0 Å². The summed E-state index contributed by atoms with van der Waals surface area (Å²) in [6.07, 6.45) is 2.29. The van der Waals surface area contributed by atoms with Crippen LogP contribution in [0.25, 0.3) is 6.08 Å². The van der Waals surface area contributed by atoms with Crippen LogP contribution in [0.5, 0.6) is 0 Å². The molecule has 58 valence electrons. The molecule has 0 bridgehead atoms. The first kappa shape index (κ1) is 7.56. The summed E-state index contributed by atoms with van der Waals surface area (Å²) in [4.78, 5) is 1.43. The maximum atomic E-state index is 3.56. The molecule has 2 rings (SSSR count). The van der Waals surface area contributed by atoms with Crippen LogP contribution < -0.4 is 0 Å². The summed E-state index contributed by atoms with van der Waals surface area (Å²) in [6, 6.07) is 0. The third kappa shape index (κ3) is 1.00. The van der Waals surface area contributed by atoms with Crippen molar-refractivity contribution in [2.45, 2.75) is 19.8 Å². The maximum absolute atomic E-state index is 3.56. The minimum Gasteiger partial charge on any atom is -0.143 e. The van der Waals surface area contributed by atoms with Crippen molar-refractivity contribution in [3.8, 4) is 0 Å². The van der Waals surface area contributed by atoms with Gasteiger partial charge in [-0.3, -0.25) is 0 Å². The molecule has 0 fully saturated rings. The average Bonchev–Trinajstić information content (AvgIpc) is 2.41. The third-order valence-electron chi connectivity index (χ3n) is 2.29. The lowest BCUT2D eigenvalue weighted by molar-refractivity contribution is 0.920. The van der Waals surface area contributed by atoms with Gasteiger partial charge in [-0.1, -0.05) is 12.5 Å². The molecule has 1 heterocycles. The Morgan fingerprint density at radius 3 is 2.91 bits per heavy atom. The van der Waals surface area contributed by atoms with Crippen molar-refractivity contribution < 1.29 is 0 Å². The zero-order chi connectivity index (χ0) is 8.01. The first-order chi connectivity index (χ1) is 5.20. The molecule has 1 atom stereocenters. The molecule has 1 aliphatic carbocycles. The van der Waals surface area contributed by atoms with Crippen LogP contribution in [0, 0.1) is 0 Å². The van der Waals surface area contributed by atoms with Gasteiger partial charge in [-0.15, -0.1) is 11.3 Å². The van der Waals surface area contributed by atoms with Gasteiger partial charge in [0.2, 0.25) is 0 Å². The summed E-state index contributed by atoms with van der Waals surface area (Å²) in [7, 11) is 0. The van der Waals surface area contributed by atoms with Crippen molar-refractivity contribution in [2.75, 3.05) is 0 Å². The Bertz CT molecular complexity index is 322. The van der Waals surface area contributed by atoms with E-state index in [1.165, 1.54) is 20.5 Å². The largest absolute Gasteiger partial charge is 0.143 e. The lowest BCUT2D eigenvalue weighted by Gasteiger charge is -2.04. The normalized spacial score (nSPS) is 21.7. The van der Waals surface area contributed by atoms with Gasteiger partial charge in [-0.05, 0) is 34.5 Å². The first-order valence-electron chi connectivity index (χ1n) is 3.65. The van der Waals surface area contributed by atoms with E-state index in [9.17, 15) is 0 Å². The van der Waals surface area contributed by atoms with Crippen molar-refractivity contribution in [1.82, 2.24) is 0 Å². The van der Waals surface area contributed by atoms with E-state index < -0.39 is 0 Å². The fraction of sp³-hybridized carbons (Fsp3) is 0.333. The highest BCUT2D eigenvalue weighted by Gasteiger charge is 2.21. The van der Waals surface area contributed by atoms with Crippen molar-refractivity contribution in [1.29, 1.82) is 0 Å². The second-order valence-corrected chi connectivity index (χ2v) is 4.74. The maximum Gasteiger partial charge on any atom is 0.0326 e. The third-order valence-corrected chi connectivity index (χ3v) is 4.19. The van der Waals surface area contributed by atoms with E-state index in [1.807, 2.05) is 11.3 Å². The molecular weight excluding hydrogens is 220 g/mol. The Morgan fingerprint density at radius 2 is 2.27 bits per heavy atom. The van der Waals surface area contributed by atoms with Gasteiger partial charge in [-0.2, -0.15) is 0 Å². The summed E-state index contributed by atoms with van der Waals surface area (Å²) in [5.74, 6) is 0.616. The minimum atomic E-state index is 0.616. The lowest BCUT2D eigenvalue weighted by Crippen LogP contribution is -1.88. The van der Waals surface area contributed by atoms with Crippen LogP contribution in [0.4, 0.5) is 0 Å². The molecule has 1 aromatic heterocycles. The first-order valence-corrected chi connectivity index (χ1v) is 5.32. The van der Waals surface area contributed by atoms with Gasteiger partial charge in [0.15, 0.2) is 0 Å². The molecule has 0 nitrogen and oxygen atoms in total. The van der Waals surface area contributed by atoms with Crippen molar-refractivity contribution >= 4 is 33.3 Å². The Hall–Kier alpha value is -0.0800. The molecule has 1 aromatic rings. The number of rotatable bonds is 0. The number of fused-ring (bicyclic) bond motifs is 1. The summed E-state index contributed by atoms with van der Waals surface area (Å²) in [5.41, 5.74) is 2.96.